The van der Waals surface area contributed by atoms with E-state index < -0.39 is 17.3 Å². The number of benzene rings is 1. The molecule has 0 spiro atoms. The number of aromatic amines is 1. The quantitative estimate of drug-likeness (QED) is 0.110. The summed E-state index contributed by atoms with van der Waals surface area (Å²) in [6, 6.07) is 4.17. The van der Waals surface area contributed by atoms with Gasteiger partial charge in [-0.3, -0.25) is 4.79 Å². The van der Waals surface area contributed by atoms with Crippen LogP contribution < -0.4 is 5.56 Å². The second-order valence-corrected chi connectivity index (χ2v) is 13.2. The molecule has 4 nitrogen and oxygen atoms in total. The highest BCUT2D eigenvalue weighted by Crippen LogP contribution is 2.39. The zero-order valence-corrected chi connectivity index (χ0v) is 27.2. The second kappa shape index (κ2) is 18.8. The molecular weight excluding hydrogens is 569 g/mol. The minimum absolute atomic E-state index is 0.103. The van der Waals surface area contributed by atoms with Crippen LogP contribution in [-0.2, 0) is 19.1 Å². The Balaban J connectivity index is 1.33. The first-order chi connectivity index (χ1) is 20.8. The summed E-state index contributed by atoms with van der Waals surface area (Å²) in [6.07, 6.45) is 16.0. The number of nitrogens with zero attached hydrogens (tertiary/aromatic N) is 1. The van der Waals surface area contributed by atoms with Gasteiger partial charge >= 0.3 is 6.18 Å². The number of pyridine rings is 1. The van der Waals surface area contributed by atoms with Crippen molar-refractivity contribution in [1.29, 1.82) is 0 Å². The van der Waals surface area contributed by atoms with Crippen molar-refractivity contribution in [3.05, 3.63) is 45.4 Å². The topological polar surface area (TPSA) is 58.0 Å². The molecule has 0 unspecified atom stereocenters. The van der Waals surface area contributed by atoms with Crippen molar-refractivity contribution in [3.8, 4) is 0 Å². The van der Waals surface area contributed by atoms with Crippen LogP contribution in [0.5, 0.6) is 0 Å². The van der Waals surface area contributed by atoms with Crippen molar-refractivity contribution < 1.29 is 18.3 Å². The molecule has 8 heteroatoms. The first-order valence-corrected chi connectivity index (χ1v) is 17.9. The number of hydrogen-bond acceptors (Lipinski definition) is 3. The molecule has 0 atom stereocenters. The summed E-state index contributed by atoms with van der Waals surface area (Å²) in [7, 11) is 0. The van der Waals surface area contributed by atoms with Gasteiger partial charge < -0.3 is 14.7 Å². The van der Waals surface area contributed by atoms with Gasteiger partial charge in [0.1, 0.15) is 0 Å². The normalized spacial score (nSPS) is 12.2. The molecule has 0 amide bonds. The van der Waals surface area contributed by atoms with Crippen LogP contribution in [0.1, 0.15) is 126 Å². The highest BCUT2D eigenvalue weighted by molar-refractivity contribution is 7.99. The van der Waals surface area contributed by atoms with Gasteiger partial charge in [-0.05, 0) is 68.2 Å². The number of aliphatic hydroxyl groups excluding tert-OH is 1. The van der Waals surface area contributed by atoms with Gasteiger partial charge in [0.15, 0.2) is 0 Å². The molecule has 3 aromatic rings. The third-order valence-corrected chi connectivity index (χ3v) is 9.82. The Morgan fingerprint density at radius 2 is 1.33 bits per heavy atom. The Bertz CT molecular complexity index is 1300. The Kier molecular flexibility index (Phi) is 15.5. The Hall–Kier alpha value is -1.93. The van der Waals surface area contributed by atoms with Crippen LogP contribution in [0, 0.1) is 6.92 Å². The highest BCUT2D eigenvalue weighted by Gasteiger charge is 2.34. The fraction of sp³-hybridized carbons (Fsp3) is 0.686. The van der Waals surface area contributed by atoms with Gasteiger partial charge in [0.2, 0.25) is 5.56 Å². The second-order valence-electron chi connectivity index (χ2n) is 12.0. The number of unbranched alkanes of at least 4 members (excludes halogenated alkanes) is 14. The summed E-state index contributed by atoms with van der Waals surface area (Å²) in [4.78, 5) is 14.5. The number of H-pyrrole nitrogens is 1. The Morgan fingerprint density at radius 1 is 0.791 bits per heavy atom. The SMILES string of the molecule is CCc1c(C)c2c3c(C(F)(F)F)cc(=O)[nH]c3ccc2n1CCCCCCCCCSCCCCCCCCCCCO. The van der Waals surface area contributed by atoms with Crippen LogP contribution >= 0.6 is 11.8 Å². The smallest absolute Gasteiger partial charge is 0.396 e. The number of aliphatic hydroxyl groups is 1. The highest BCUT2D eigenvalue weighted by atomic mass is 32.2. The number of thioether (sulfide) groups is 1. The number of nitrogens with one attached hydrogen (secondary N) is 1. The number of halogens is 3. The van der Waals surface area contributed by atoms with E-state index in [9.17, 15) is 18.0 Å². The average Bonchev–Trinajstić information content (AvgIpc) is 3.25. The molecule has 0 saturated carbocycles. The Morgan fingerprint density at radius 3 is 1.86 bits per heavy atom. The minimum Gasteiger partial charge on any atom is -0.396 e. The molecule has 0 aliphatic carbocycles. The van der Waals surface area contributed by atoms with Crippen LogP contribution in [0.3, 0.4) is 0 Å². The third kappa shape index (κ3) is 10.9. The van der Waals surface area contributed by atoms with E-state index in [1.807, 2.05) is 13.0 Å². The number of alkyl halides is 3. The average molecular weight is 623 g/mol. The third-order valence-electron chi connectivity index (χ3n) is 8.67. The minimum atomic E-state index is -4.60. The fourth-order valence-electron chi connectivity index (χ4n) is 6.39. The maximum absolute atomic E-state index is 13.9. The lowest BCUT2D eigenvalue weighted by molar-refractivity contribution is -0.136. The summed E-state index contributed by atoms with van der Waals surface area (Å²) in [5, 5.41) is 9.51. The van der Waals surface area contributed by atoms with Crippen molar-refractivity contribution in [2.24, 2.45) is 0 Å². The predicted octanol–water partition coefficient (Wildman–Crippen LogP) is 10.3. The lowest BCUT2D eigenvalue weighted by Gasteiger charge is -2.12. The summed E-state index contributed by atoms with van der Waals surface area (Å²) in [5.74, 6) is 2.55. The van der Waals surface area contributed by atoms with Crippen LogP contribution in [0.2, 0.25) is 0 Å². The van der Waals surface area contributed by atoms with E-state index in [2.05, 4.69) is 28.2 Å². The van der Waals surface area contributed by atoms with Crippen molar-refractivity contribution >= 4 is 33.6 Å². The zero-order valence-electron chi connectivity index (χ0n) is 26.4. The van der Waals surface area contributed by atoms with Crippen molar-refractivity contribution in [2.45, 2.75) is 136 Å². The molecule has 43 heavy (non-hydrogen) atoms. The monoisotopic (exact) mass is 622 g/mol. The van der Waals surface area contributed by atoms with Gasteiger partial charge in [0.25, 0.3) is 0 Å². The van der Waals surface area contributed by atoms with E-state index in [4.69, 9.17) is 5.11 Å². The maximum atomic E-state index is 13.9. The fourth-order valence-corrected chi connectivity index (χ4v) is 7.41. The molecule has 0 saturated heterocycles. The van der Waals surface area contributed by atoms with Crippen LogP contribution in [0.4, 0.5) is 13.2 Å². The van der Waals surface area contributed by atoms with Crippen molar-refractivity contribution in [1.82, 2.24) is 9.55 Å². The van der Waals surface area contributed by atoms with E-state index in [-0.39, 0.29) is 10.9 Å². The van der Waals surface area contributed by atoms with E-state index >= 15 is 0 Å². The first kappa shape index (κ1) is 35.5. The van der Waals surface area contributed by atoms with E-state index in [1.54, 1.807) is 6.07 Å². The number of fused-ring (bicyclic) bond motifs is 3. The molecule has 2 heterocycles. The van der Waals surface area contributed by atoms with E-state index in [0.717, 1.165) is 49.0 Å². The predicted molar refractivity (Wildman–Crippen MR) is 177 cm³/mol. The van der Waals surface area contributed by atoms with Crippen LogP contribution in [0.25, 0.3) is 21.8 Å². The molecule has 1 aromatic carbocycles. The molecule has 0 aliphatic heterocycles. The molecule has 0 radical (unpaired) electrons. The van der Waals surface area contributed by atoms with Crippen molar-refractivity contribution in [3.63, 3.8) is 0 Å². The summed E-state index contributed by atoms with van der Waals surface area (Å²) < 4.78 is 44.0. The number of aromatic nitrogens is 2. The molecule has 0 bridgehead atoms. The Labute approximate surface area is 260 Å². The molecule has 3 rings (SSSR count). The maximum Gasteiger partial charge on any atom is 0.417 e. The van der Waals surface area contributed by atoms with E-state index in [1.165, 1.54) is 95.0 Å². The lowest BCUT2D eigenvalue weighted by Crippen LogP contribution is -2.14. The molecule has 0 fully saturated rings. The van der Waals surface area contributed by atoms with E-state index in [0.29, 0.717) is 18.1 Å². The molecule has 0 aliphatic rings. The number of hydrogen-bond donors (Lipinski definition) is 2. The lowest BCUT2D eigenvalue weighted by atomic mass is 10.0. The largest absolute Gasteiger partial charge is 0.417 e. The standard InChI is InChI=1S/C35H53F3N2O2S/c1-3-30-27(2)33-31(21-20-29-34(33)28(35(36,37)38)26-32(42)39-29)40(30)22-16-12-8-7-11-15-19-25-43-24-18-14-10-6-4-5-9-13-17-23-41/h20-21,26,41H,3-19,22-25H2,1-2H3,(H,39,42). The molecular formula is C35H53F3N2O2S. The zero-order chi connectivity index (χ0) is 31.1. The number of rotatable bonds is 22. The van der Waals surface area contributed by atoms with Gasteiger partial charge in [-0.2, -0.15) is 24.9 Å². The molecule has 2 N–H and O–H groups in total. The molecule has 2 aromatic heterocycles. The van der Waals surface area contributed by atoms with Gasteiger partial charge in [-0.25, -0.2) is 0 Å². The molecule has 242 valence electrons. The summed E-state index contributed by atoms with van der Waals surface area (Å²) in [6.45, 7) is 5.09. The summed E-state index contributed by atoms with van der Waals surface area (Å²) >= 11 is 2.10. The van der Waals surface area contributed by atoms with Crippen LogP contribution in [0.15, 0.2) is 23.0 Å². The van der Waals surface area contributed by atoms with Crippen molar-refractivity contribution in [2.75, 3.05) is 18.1 Å². The first-order valence-electron chi connectivity index (χ1n) is 16.7. The van der Waals surface area contributed by atoms with Gasteiger partial charge in [0, 0.05) is 46.7 Å². The van der Waals surface area contributed by atoms with Crippen LogP contribution in [-0.4, -0.2) is 32.8 Å². The van der Waals surface area contributed by atoms with Gasteiger partial charge in [-0.1, -0.05) is 84.0 Å². The number of aryl methyl sites for hydroxylation is 2. The summed E-state index contributed by atoms with van der Waals surface area (Å²) in [5.41, 5.74) is 1.42. The van der Waals surface area contributed by atoms with Gasteiger partial charge in [0.05, 0.1) is 5.56 Å². The van der Waals surface area contributed by atoms with Gasteiger partial charge in [-0.15, -0.1) is 0 Å².